The SMILES string of the molecule is [2H]c1c([2H])c([2H])c(-c2cccc(-c3c([2H])c([2H])c([2H])[c]([Ge]([c]4c([2H])c([2H])c([2H])c([2H])c4[2H])([c]4c([2H])c([2H])c([2H])c([2H])c4[2H])[C]([2H])([2H])[2H])c3[2H])c2-[n+]2[c-]n(-c3cccc(Oc4ccc5c6ccccc6n(-c6cc(C(C)(C)C)ccn6)c5c4)c3)c3ccccc32)c([2H])c1[2H]. The zero-order valence-electron chi connectivity index (χ0n) is 60.3. The van der Waals surface area contributed by atoms with Crippen molar-refractivity contribution in [1.29, 1.82) is 0 Å². The second kappa shape index (κ2) is 17.9. The van der Waals surface area contributed by atoms with Crippen LogP contribution in [0.15, 0.2) is 242 Å². The predicted molar refractivity (Wildman–Crippen MR) is 295 cm³/mol. The molecule has 12 aromatic rings. The number of pyridine rings is 1. The standard InChI is InChI=1S/C65H52GeN4O/c1-65(2,3)48-39-40-67-63(42-48)70-59-34-15-14-31-57(59)58-38-37-54(44-62(58)70)71-53-30-19-29-52(43-53)68-45-69(61-36-17-16-35-60(61)68)64-55(46-21-8-5-9-22-46)32-20-33-56(64)47-23-18-28-51(41-47)66(4,49-24-10-6-11-25-49)50-26-12-7-13-27-50/h5-44H,1-4H3/i4D3,5D,6D,7D,8D,9D,10D,11D,12D,13D,18D,21D,22D,23D,24D,25D,26D,27D,28D,41D. The molecule has 0 aliphatic rings. The number of nitrogens with zero attached hydrogens (tertiary/aromatic N) is 4. The number of ether oxygens (including phenoxy) is 1. The minimum absolute atomic E-state index is 0.152. The summed E-state index contributed by atoms with van der Waals surface area (Å²) in [4.78, 5) is 4.82. The first-order valence-electron chi connectivity index (χ1n) is 33.6. The van der Waals surface area contributed by atoms with E-state index in [-0.39, 0.29) is 22.2 Å². The molecule has 0 saturated heterocycles. The van der Waals surface area contributed by atoms with Crippen LogP contribution in [-0.2, 0) is 5.41 Å². The monoisotopic (exact) mass is 1000 g/mol. The van der Waals surface area contributed by atoms with Gasteiger partial charge in [0.1, 0.15) is 11.6 Å². The zero-order valence-corrected chi connectivity index (χ0v) is 40.4. The van der Waals surface area contributed by atoms with Crippen molar-refractivity contribution in [3.8, 4) is 50.9 Å². The van der Waals surface area contributed by atoms with Gasteiger partial charge < -0.3 is 0 Å². The van der Waals surface area contributed by atoms with Gasteiger partial charge in [-0.3, -0.25) is 4.57 Å². The predicted octanol–water partition coefficient (Wildman–Crippen LogP) is 13.7. The fraction of sp³-hybridized carbons (Fsp3) is 0.0769. The summed E-state index contributed by atoms with van der Waals surface area (Å²) in [6.45, 7) is 6.40. The van der Waals surface area contributed by atoms with E-state index in [0.717, 1.165) is 27.4 Å². The third-order valence-electron chi connectivity index (χ3n) is 12.4. The summed E-state index contributed by atoms with van der Waals surface area (Å²) in [5, 5.41) is 1.96. The number of hydrogen-bond acceptors (Lipinski definition) is 2. The first-order chi connectivity index (χ1) is 43.9. The van der Waals surface area contributed by atoms with Crippen LogP contribution >= 0.6 is 0 Å². The molecule has 0 radical (unpaired) electrons. The average Bonchev–Trinajstić information content (AvgIpc) is 1.49. The molecular formula is C65H52GeN4O. The number of fused-ring (bicyclic) bond motifs is 4. The van der Waals surface area contributed by atoms with Crippen molar-refractivity contribution in [2.75, 3.05) is 0 Å². The summed E-state index contributed by atoms with van der Waals surface area (Å²) in [7, 11) is 0. The average molecular weight is 1000 g/mol. The summed E-state index contributed by atoms with van der Waals surface area (Å²) in [5.74, 6) is 1.55. The molecule has 71 heavy (non-hydrogen) atoms. The Morgan fingerprint density at radius 2 is 1.21 bits per heavy atom. The van der Waals surface area contributed by atoms with Gasteiger partial charge in [0, 0.05) is 23.0 Å². The van der Waals surface area contributed by atoms with Crippen molar-refractivity contribution in [3.05, 3.63) is 254 Å². The van der Waals surface area contributed by atoms with Crippen LogP contribution in [0, 0.1) is 6.33 Å². The zero-order chi connectivity index (χ0) is 67.1. The first kappa shape index (κ1) is 26.1. The second-order valence-electron chi connectivity index (χ2n) is 17.7. The molecule has 0 aliphatic carbocycles. The van der Waals surface area contributed by atoms with Gasteiger partial charge in [-0.2, -0.15) is 0 Å². The molecule has 0 atom stereocenters. The third-order valence-corrected chi connectivity index (χ3v) is 18.7. The number of imidazole rings is 1. The molecule has 0 N–H and O–H groups in total. The normalized spacial score (nSPS) is 16.5. The van der Waals surface area contributed by atoms with Crippen molar-refractivity contribution < 1.29 is 39.5 Å². The third kappa shape index (κ3) is 7.93. The Hall–Kier alpha value is -8.26. The maximum atomic E-state index is 10.4. The second-order valence-corrected chi connectivity index (χ2v) is 24.0. The van der Waals surface area contributed by atoms with E-state index >= 15 is 0 Å². The number of benzene rings is 9. The van der Waals surface area contributed by atoms with Crippen molar-refractivity contribution in [2.45, 2.75) is 31.9 Å². The first-order valence-corrected chi connectivity index (χ1v) is 26.8. The summed E-state index contributed by atoms with van der Waals surface area (Å²) in [6.07, 6.45) is 5.15. The van der Waals surface area contributed by atoms with Crippen LogP contribution in [-0.4, -0.2) is 27.4 Å². The van der Waals surface area contributed by atoms with Crippen LogP contribution in [0.5, 0.6) is 11.5 Å². The van der Waals surface area contributed by atoms with E-state index in [9.17, 15) is 17.8 Å². The van der Waals surface area contributed by atoms with Crippen LogP contribution in [0.1, 0.15) is 56.5 Å². The quantitative estimate of drug-likeness (QED) is 0.0777. The Kier molecular flexibility index (Phi) is 6.59. The molecule has 3 aromatic heterocycles. The van der Waals surface area contributed by atoms with Crippen molar-refractivity contribution in [2.24, 2.45) is 0 Å². The maximum absolute atomic E-state index is 10.4. The van der Waals surface area contributed by atoms with Gasteiger partial charge in [0.2, 0.25) is 0 Å². The molecule has 6 heteroatoms. The van der Waals surface area contributed by atoms with Gasteiger partial charge in [-0.25, -0.2) is 4.98 Å². The number of rotatable bonds is 10. The van der Waals surface area contributed by atoms with Gasteiger partial charge in [0.15, 0.2) is 0 Å². The van der Waals surface area contributed by atoms with Crippen molar-refractivity contribution in [3.63, 3.8) is 0 Å². The molecule has 12 rings (SSSR count). The Morgan fingerprint density at radius 3 is 1.96 bits per heavy atom. The van der Waals surface area contributed by atoms with Crippen LogP contribution in [0.25, 0.3) is 72.3 Å². The van der Waals surface area contributed by atoms with Crippen LogP contribution in [0.2, 0.25) is 5.68 Å². The number of aromatic nitrogens is 4. The molecular weight excluding hydrogens is 925 g/mol. The summed E-state index contributed by atoms with van der Waals surface area (Å²) >= 11 is -7.21. The van der Waals surface area contributed by atoms with Gasteiger partial charge in [0.25, 0.3) is 0 Å². The van der Waals surface area contributed by atoms with E-state index in [0.29, 0.717) is 34.0 Å². The Bertz CT molecular complexity index is 5030. The molecule has 3 heterocycles. The Balaban J connectivity index is 1.13. The van der Waals surface area contributed by atoms with E-state index in [1.54, 1.807) is 59.3 Å². The van der Waals surface area contributed by atoms with Crippen LogP contribution in [0.3, 0.4) is 0 Å². The van der Waals surface area contributed by atoms with E-state index < -0.39 is 158 Å². The van der Waals surface area contributed by atoms with E-state index in [1.165, 1.54) is 22.8 Å². The molecule has 0 unspecified atom stereocenters. The van der Waals surface area contributed by atoms with Crippen molar-refractivity contribution in [1.82, 2.24) is 14.1 Å². The molecule has 342 valence electrons. The van der Waals surface area contributed by atoms with Crippen LogP contribution in [0.4, 0.5) is 0 Å². The molecule has 0 saturated carbocycles. The van der Waals surface area contributed by atoms with Crippen molar-refractivity contribution >= 4 is 59.3 Å². The summed E-state index contributed by atoms with van der Waals surface area (Å²) in [6, 6.07) is 16.8. The number of para-hydroxylation sites is 4. The molecule has 9 aromatic carbocycles. The molecule has 5 nitrogen and oxygen atoms in total. The van der Waals surface area contributed by atoms with Gasteiger partial charge in [-0.15, -0.1) is 0 Å². The van der Waals surface area contributed by atoms with Crippen LogP contribution < -0.4 is 22.5 Å². The molecule has 0 aliphatic heterocycles. The van der Waals surface area contributed by atoms with Gasteiger partial charge >= 0.3 is 314 Å². The minimum atomic E-state index is -7.21. The van der Waals surface area contributed by atoms with E-state index in [1.807, 2.05) is 48.5 Å². The molecule has 0 amide bonds. The molecule has 0 bridgehead atoms. The van der Waals surface area contributed by atoms with E-state index in [2.05, 4.69) is 37.7 Å². The van der Waals surface area contributed by atoms with Gasteiger partial charge in [-0.05, 0) is 41.3 Å². The van der Waals surface area contributed by atoms with Gasteiger partial charge in [0.05, 0.1) is 11.0 Å². The molecule has 0 fully saturated rings. The molecule has 0 spiro atoms. The Morgan fingerprint density at radius 1 is 0.577 bits per heavy atom. The topological polar surface area (TPSA) is 35.9 Å². The number of hydrogen-bond donors (Lipinski definition) is 0. The Labute approximate surface area is 448 Å². The van der Waals surface area contributed by atoms with E-state index in [4.69, 9.17) is 22.1 Å². The fourth-order valence-corrected chi connectivity index (χ4v) is 13.8. The fourth-order valence-electron chi connectivity index (χ4n) is 9.00. The van der Waals surface area contributed by atoms with Gasteiger partial charge in [-0.1, -0.05) is 39.0 Å². The summed E-state index contributed by atoms with van der Waals surface area (Å²) < 4.78 is 212. The summed E-state index contributed by atoms with van der Waals surface area (Å²) in [5.41, 5.74) is -1.68.